The summed E-state index contributed by atoms with van der Waals surface area (Å²) in [6, 6.07) is 0. The second-order valence-electron chi connectivity index (χ2n) is 6.10. The Hall–Kier alpha value is -1.04. The van der Waals surface area contributed by atoms with Crippen molar-refractivity contribution in [1.82, 2.24) is 20.5 Å². The van der Waals surface area contributed by atoms with Crippen molar-refractivity contribution in [2.45, 2.75) is 69.9 Å². The van der Waals surface area contributed by atoms with Gasteiger partial charge >= 0.3 is 0 Å². The summed E-state index contributed by atoms with van der Waals surface area (Å²) in [4.78, 5) is 16.2. The zero-order chi connectivity index (χ0) is 15.6. The third-order valence-corrected chi connectivity index (χ3v) is 5.06. The number of aryl methyl sites for hydroxylation is 1. The van der Waals surface area contributed by atoms with Gasteiger partial charge in [-0.1, -0.05) is 57.2 Å². The molecule has 1 fully saturated rings. The topological polar surface area (TPSA) is 70.7 Å². The summed E-state index contributed by atoms with van der Waals surface area (Å²) in [7, 11) is 0. The van der Waals surface area contributed by atoms with Gasteiger partial charge in [-0.25, -0.2) is 4.98 Å². The van der Waals surface area contributed by atoms with Crippen molar-refractivity contribution < 1.29 is 4.79 Å². The Morgan fingerprint density at radius 2 is 2.18 bits per heavy atom. The molecule has 1 aromatic rings. The van der Waals surface area contributed by atoms with E-state index in [1.165, 1.54) is 56.7 Å². The Morgan fingerprint density at radius 1 is 1.36 bits per heavy atom. The van der Waals surface area contributed by atoms with Gasteiger partial charge in [0.05, 0.1) is 5.75 Å². The molecule has 1 aliphatic rings. The van der Waals surface area contributed by atoms with Crippen LogP contribution in [0.4, 0.5) is 0 Å². The van der Waals surface area contributed by atoms with E-state index in [2.05, 4.69) is 27.4 Å². The molecule has 1 heterocycles. The average Bonchev–Trinajstić information content (AvgIpc) is 3.18. The van der Waals surface area contributed by atoms with Crippen LogP contribution in [-0.4, -0.2) is 33.4 Å². The van der Waals surface area contributed by atoms with Crippen molar-refractivity contribution >= 4 is 17.7 Å². The van der Waals surface area contributed by atoms with Crippen LogP contribution < -0.4 is 5.32 Å². The largest absolute Gasteiger partial charge is 0.355 e. The SMILES string of the molecule is CCCCCNC(=O)CSc1n[nH]c(CCC2CCCC2)n1. The smallest absolute Gasteiger partial charge is 0.230 e. The standard InChI is InChI=1S/C16H28N4OS/c1-2-3-6-11-17-15(21)12-22-16-18-14(19-20-16)10-9-13-7-4-5-8-13/h13H,2-12H2,1H3,(H,17,21)(H,18,19,20). The monoisotopic (exact) mass is 324 g/mol. The molecule has 0 aromatic carbocycles. The lowest BCUT2D eigenvalue weighted by atomic mass is 10.0. The molecular formula is C16H28N4OS. The molecule has 2 rings (SSSR count). The molecule has 6 heteroatoms. The summed E-state index contributed by atoms with van der Waals surface area (Å²) >= 11 is 1.41. The molecule has 124 valence electrons. The van der Waals surface area contributed by atoms with Crippen LogP contribution in [0.5, 0.6) is 0 Å². The zero-order valence-corrected chi connectivity index (χ0v) is 14.4. The van der Waals surface area contributed by atoms with Crippen molar-refractivity contribution in [3.63, 3.8) is 0 Å². The molecule has 0 saturated heterocycles. The van der Waals surface area contributed by atoms with E-state index in [1.54, 1.807) is 0 Å². The fraction of sp³-hybridized carbons (Fsp3) is 0.812. The lowest BCUT2D eigenvalue weighted by Gasteiger charge is -2.05. The highest BCUT2D eigenvalue weighted by molar-refractivity contribution is 7.99. The second kappa shape index (κ2) is 9.87. The number of nitrogens with zero attached hydrogens (tertiary/aromatic N) is 2. The summed E-state index contributed by atoms with van der Waals surface area (Å²) < 4.78 is 0. The molecular weight excluding hydrogens is 296 g/mol. The number of nitrogens with one attached hydrogen (secondary N) is 2. The molecule has 0 atom stereocenters. The molecule has 0 radical (unpaired) electrons. The number of H-pyrrole nitrogens is 1. The zero-order valence-electron chi connectivity index (χ0n) is 13.6. The van der Waals surface area contributed by atoms with Crippen molar-refractivity contribution in [3.8, 4) is 0 Å². The number of carbonyl (C=O) groups excluding carboxylic acids is 1. The minimum Gasteiger partial charge on any atom is -0.355 e. The van der Waals surface area contributed by atoms with Crippen molar-refractivity contribution in [1.29, 1.82) is 0 Å². The Kier molecular flexibility index (Phi) is 7.77. The van der Waals surface area contributed by atoms with Gasteiger partial charge in [0.2, 0.25) is 11.1 Å². The first-order valence-corrected chi connectivity index (χ1v) is 9.57. The van der Waals surface area contributed by atoms with Gasteiger partial charge in [-0.3, -0.25) is 9.89 Å². The van der Waals surface area contributed by atoms with E-state index >= 15 is 0 Å². The van der Waals surface area contributed by atoms with Gasteiger partial charge in [0.1, 0.15) is 5.82 Å². The minimum atomic E-state index is 0.0680. The molecule has 1 saturated carbocycles. The minimum absolute atomic E-state index is 0.0680. The first kappa shape index (κ1) is 17.3. The summed E-state index contributed by atoms with van der Waals surface area (Å²) in [6.45, 7) is 2.93. The van der Waals surface area contributed by atoms with Crippen molar-refractivity contribution in [2.24, 2.45) is 5.92 Å². The fourth-order valence-electron chi connectivity index (χ4n) is 2.88. The van der Waals surface area contributed by atoms with E-state index in [0.29, 0.717) is 10.9 Å². The van der Waals surface area contributed by atoms with Gasteiger partial charge in [-0.15, -0.1) is 5.10 Å². The van der Waals surface area contributed by atoms with Crippen LogP contribution in [0.1, 0.15) is 64.1 Å². The number of amides is 1. The van der Waals surface area contributed by atoms with Crippen LogP contribution >= 0.6 is 11.8 Å². The van der Waals surface area contributed by atoms with E-state index in [0.717, 1.165) is 31.1 Å². The molecule has 5 nitrogen and oxygen atoms in total. The quantitative estimate of drug-likeness (QED) is 0.511. The number of thioether (sulfide) groups is 1. The van der Waals surface area contributed by atoms with Crippen molar-refractivity contribution in [2.75, 3.05) is 12.3 Å². The average molecular weight is 324 g/mol. The molecule has 0 aliphatic heterocycles. The molecule has 1 aliphatic carbocycles. The molecule has 0 spiro atoms. The molecule has 22 heavy (non-hydrogen) atoms. The summed E-state index contributed by atoms with van der Waals surface area (Å²) in [6.07, 6.45) is 11.1. The van der Waals surface area contributed by atoms with E-state index < -0.39 is 0 Å². The van der Waals surface area contributed by atoms with E-state index in [1.807, 2.05) is 0 Å². The van der Waals surface area contributed by atoms with Crippen LogP contribution in [0, 0.1) is 5.92 Å². The molecule has 1 amide bonds. The lowest BCUT2D eigenvalue weighted by Crippen LogP contribution is -2.26. The number of carbonyl (C=O) groups is 1. The van der Waals surface area contributed by atoms with Gasteiger partial charge in [0, 0.05) is 13.0 Å². The number of unbranched alkanes of at least 4 members (excludes halogenated alkanes) is 2. The molecule has 0 bridgehead atoms. The van der Waals surface area contributed by atoms with Gasteiger partial charge < -0.3 is 5.32 Å². The summed E-state index contributed by atoms with van der Waals surface area (Å²) in [5.41, 5.74) is 0. The molecule has 1 aromatic heterocycles. The lowest BCUT2D eigenvalue weighted by molar-refractivity contribution is -0.118. The Labute approximate surface area is 137 Å². The second-order valence-corrected chi connectivity index (χ2v) is 7.04. The summed E-state index contributed by atoms with van der Waals surface area (Å²) in [5.74, 6) is 2.29. The van der Waals surface area contributed by atoms with Crippen LogP contribution in [0.2, 0.25) is 0 Å². The maximum absolute atomic E-state index is 11.7. The summed E-state index contributed by atoms with van der Waals surface area (Å²) in [5, 5.41) is 10.8. The Balaban J connectivity index is 1.60. The predicted molar refractivity (Wildman–Crippen MR) is 89.9 cm³/mol. The third kappa shape index (κ3) is 6.38. The van der Waals surface area contributed by atoms with Gasteiger partial charge in [0.25, 0.3) is 0 Å². The molecule has 0 unspecified atom stereocenters. The highest BCUT2D eigenvalue weighted by atomic mass is 32.2. The van der Waals surface area contributed by atoms with Gasteiger partial charge in [-0.05, 0) is 18.8 Å². The highest BCUT2D eigenvalue weighted by Gasteiger charge is 2.15. The van der Waals surface area contributed by atoms with Crippen LogP contribution in [0.3, 0.4) is 0 Å². The molecule has 2 N–H and O–H groups in total. The number of aromatic nitrogens is 3. The number of hydrogen-bond acceptors (Lipinski definition) is 4. The first-order valence-electron chi connectivity index (χ1n) is 8.58. The normalized spacial score (nSPS) is 15.3. The fourth-order valence-corrected chi connectivity index (χ4v) is 3.53. The van der Waals surface area contributed by atoms with Crippen molar-refractivity contribution in [3.05, 3.63) is 5.82 Å². The van der Waals surface area contributed by atoms with Crippen LogP contribution in [-0.2, 0) is 11.2 Å². The highest BCUT2D eigenvalue weighted by Crippen LogP contribution is 2.28. The number of hydrogen-bond donors (Lipinski definition) is 2. The first-order chi connectivity index (χ1) is 10.8. The van der Waals surface area contributed by atoms with E-state index in [9.17, 15) is 4.79 Å². The van der Waals surface area contributed by atoms with Crippen LogP contribution in [0.25, 0.3) is 0 Å². The Morgan fingerprint density at radius 3 is 2.95 bits per heavy atom. The predicted octanol–water partition coefficient (Wildman–Crippen LogP) is 3.33. The maximum atomic E-state index is 11.7. The van der Waals surface area contributed by atoms with E-state index in [4.69, 9.17) is 0 Å². The Bertz CT molecular complexity index is 443. The number of aromatic amines is 1. The van der Waals surface area contributed by atoms with E-state index in [-0.39, 0.29) is 5.91 Å². The maximum Gasteiger partial charge on any atom is 0.230 e. The third-order valence-electron chi connectivity index (χ3n) is 4.21. The van der Waals surface area contributed by atoms with Crippen LogP contribution in [0.15, 0.2) is 5.16 Å². The number of rotatable bonds is 10. The van der Waals surface area contributed by atoms with Gasteiger partial charge in [0.15, 0.2) is 0 Å². The van der Waals surface area contributed by atoms with Gasteiger partial charge in [-0.2, -0.15) is 0 Å².